The number of likely N-dealkylation sites (tertiary alicyclic amines) is 1. The number of halogens is 1. The van der Waals surface area contributed by atoms with E-state index < -0.39 is 0 Å². The van der Waals surface area contributed by atoms with Crippen LogP contribution < -0.4 is 5.32 Å². The zero-order chi connectivity index (χ0) is 13.4. The van der Waals surface area contributed by atoms with Gasteiger partial charge in [-0.15, -0.1) is 0 Å². The van der Waals surface area contributed by atoms with Crippen LogP contribution in [0, 0.1) is 5.92 Å². The number of aromatic amines is 1. The van der Waals surface area contributed by atoms with Crippen molar-refractivity contribution >= 4 is 27.7 Å². The van der Waals surface area contributed by atoms with Crippen molar-refractivity contribution in [2.45, 2.75) is 25.3 Å². The van der Waals surface area contributed by atoms with Gasteiger partial charge >= 0.3 is 0 Å². The highest BCUT2D eigenvalue weighted by Gasteiger charge is 2.35. The van der Waals surface area contributed by atoms with Crippen LogP contribution in [0.25, 0.3) is 0 Å². The fourth-order valence-electron chi connectivity index (χ4n) is 2.96. The zero-order valence-corrected chi connectivity index (χ0v) is 12.1. The van der Waals surface area contributed by atoms with Gasteiger partial charge < -0.3 is 15.2 Å². The molecular formula is C13H16BrN3O2. The number of carbonyl (C=O) groups is 2. The number of hydrogen-bond donors (Lipinski definition) is 2. The molecular weight excluding hydrogens is 310 g/mol. The fourth-order valence-corrected chi connectivity index (χ4v) is 3.30. The lowest BCUT2D eigenvalue weighted by Gasteiger charge is -2.41. The molecule has 2 fully saturated rings. The summed E-state index contributed by atoms with van der Waals surface area (Å²) in [4.78, 5) is 28.6. The molecule has 2 aliphatic rings. The van der Waals surface area contributed by atoms with E-state index in [0.717, 1.165) is 23.9 Å². The van der Waals surface area contributed by atoms with Gasteiger partial charge in [-0.2, -0.15) is 0 Å². The number of carbonyl (C=O) groups excluding carboxylic acids is 2. The van der Waals surface area contributed by atoms with Crippen molar-refractivity contribution in [2.24, 2.45) is 5.92 Å². The Labute approximate surface area is 119 Å². The summed E-state index contributed by atoms with van der Waals surface area (Å²) in [6.45, 7) is 1.44. The molecule has 2 atom stereocenters. The van der Waals surface area contributed by atoms with Gasteiger partial charge in [0, 0.05) is 36.2 Å². The summed E-state index contributed by atoms with van der Waals surface area (Å²) in [5.41, 5.74) is 0.616. The molecule has 2 N–H and O–H groups in total. The maximum absolute atomic E-state index is 12.3. The third-order valence-electron chi connectivity index (χ3n) is 3.99. The second kappa shape index (κ2) is 5.00. The minimum absolute atomic E-state index is 0.0426. The predicted molar refractivity (Wildman–Crippen MR) is 73.7 cm³/mol. The average molecular weight is 326 g/mol. The standard InChI is InChI=1S/C13H16BrN3O2/c14-9-5-11(15-6-9)13(19)17-4-3-10-8(7-17)1-2-12(18)16-10/h5-6,8,10,15H,1-4,7H2,(H,16,18). The molecule has 1 aromatic rings. The molecule has 2 unspecified atom stereocenters. The molecule has 6 heteroatoms. The van der Waals surface area contributed by atoms with Crippen LogP contribution in [0.2, 0.25) is 0 Å². The Balaban J connectivity index is 1.68. The SMILES string of the molecule is O=C1CCC2CN(C(=O)c3cc(Br)c[nH]3)CCC2N1. The van der Waals surface area contributed by atoms with Crippen LogP contribution >= 0.6 is 15.9 Å². The molecule has 3 heterocycles. The lowest BCUT2D eigenvalue weighted by atomic mass is 9.85. The second-order valence-electron chi connectivity index (χ2n) is 5.24. The molecule has 0 saturated carbocycles. The third kappa shape index (κ3) is 2.54. The van der Waals surface area contributed by atoms with E-state index in [4.69, 9.17) is 0 Å². The van der Waals surface area contributed by atoms with Crippen LogP contribution in [0.5, 0.6) is 0 Å². The summed E-state index contributed by atoms with van der Waals surface area (Å²) in [5, 5.41) is 3.03. The Morgan fingerprint density at radius 3 is 3.00 bits per heavy atom. The Morgan fingerprint density at radius 1 is 1.42 bits per heavy atom. The maximum atomic E-state index is 12.3. The van der Waals surface area contributed by atoms with E-state index in [1.54, 1.807) is 12.3 Å². The lowest BCUT2D eigenvalue weighted by molar-refractivity contribution is -0.125. The van der Waals surface area contributed by atoms with E-state index in [1.165, 1.54) is 0 Å². The van der Waals surface area contributed by atoms with Gasteiger partial charge in [-0.1, -0.05) is 0 Å². The molecule has 19 heavy (non-hydrogen) atoms. The number of aromatic nitrogens is 1. The van der Waals surface area contributed by atoms with Gasteiger partial charge in [-0.3, -0.25) is 9.59 Å². The van der Waals surface area contributed by atoms with E-state index in [-0.39, 0.29) is 17.9 Å². The largest absolute Gasteiger partial charge is 0.356 e. The van der Waals surface area contributed by atoms with Crippen LogP contribution in [-0.4, -0.2) is 40.8 Å². The van der Waals surface area contributed by atoms with E-state index in [0.29, 0.717) is 24.6 Å². The van der Waals surface area contributed by atoms with Gasteiger partial charge in [0.05, 0.1) is 0 Å². The van der Waals surface area contributed by atoms with Crippen molar-refractivity contribution in [2.75, 3.05) is 13.1 Å². The fraction of sp³-hybridized carbons (Fsp3) is 0.538. The first-order chi connectivity index (χ1) is 9.13. The van der Waals surface area contributed by atoms with Crippen molar-refractivity contribution in [3.8, 4) is 0 Å². The average Bonchev–Trinajstić information content (AvgIpc) is 2.84. The van der Waals surface area contributed by atoms with Crippen molar-refractivity contribution in [3.05, 3.63) is 22.4 Å². The molecule has 2 amide bonds. The van der Waals surface area contributed by atoms with E-state index >= 15 is 0 Å². The molecule has 0 aliphatic carbocycles. The number of rotatable bonds is 1. The van der Waals surface area contributed by atoms with E-state index in [2.05, 4.69) is 26.2 Å². The number of hydrogen-bond acceptors (Lipinski definition) is 2. The quantitative estimate of drug-likeness (QED) is 0.822. The lowest BCUT2D eigenvalue weighted by Crippen LogP contribution is -2.55. The molecule has 0 aromatic carbocycles. The van der Waals surface area contributed by atoms with Crippen molar-refractivity contribution in [3.63, 3.8) is 0 Å². The highest BCUT2D eigenvalue weighted by Crippen LogP contribution is 2.26. The maximum Gasteiger partial charge on any atom is 0.270 e. The smallest absolute Gasteiger partial charge is 0.270 e. The van der Waals surface area contributed by atoms with Gasteiger partial charge in [0.2, 0.25) is 5.91 Å². The molecule has 2 saturated heterocycles. The number of amides is 2. The minimum Gasteiger partial charge on any atom is -0.356 e. The second-order valence-corrected chi connectivity index (χ2v) is 6.16. The van der Waals surface area contributed by atoms with Gasteiger partial charge in [-0.05, 0) is 40.8 Å². The molecule has 5 nitrogen and oxygen atoms in total. The number of fused-ring (bicyclic) bond motifs is 1. The normalized spacial score (nSPS) is 26.8. The van der Waals surface area contributed by atoms with Crippen LogP contribution in [-0.2, 0) is 4.79 Å². The Morgan fingerprint density at radius 2 is 2.26 bits per heavy atom. The first-order valence-corrected chi connectivity index (χ1v) is 7.35. The Kier molecular flexibility index (Phi) is 3.35. The number of nitrogens with one attached hydrogen (secondary N) is 2. The Hall–Kier alpha value is -1.30. The number of piperidine rings is 2. The van der Waals surface area contributed by atoms with E-state index in [9.17, 15) is 9.59 Å². The van der Waals surface area contributed by atoms with Crippen molar-refractivity contribution in [1.29, 1.82) is 0 Å². The Bertz CT molecular complexity index is 514. The van der Waals surface area contributed by atoms with Gasteiger partial charge in [-0.25, -0.2) is 0 Å². The van der Waals surface area contributed by atoms with E-state index in [1.807, 2.05) is 4.90 Å². The van der Waals surface area contributed by atoms with Gasteiger partial charge in [0.1, 0.15) is 5.69 Å². The first-order valence-electron chi connectivity index (χ1n) is 6.56. The van der Waals surface area contributed by atoms with Gasteiger partial charge in [0.15, 0.2) is 0 Å². The first kappa shape index (κ1) is 12.7. The van der Waals surface area contributed by atoms with Crippen LogP contribution in [0.1, 0.15) is 29.8 Å². The molecule has 1 aromatic heterocycles. The third-order valence-corrected chi connectivity index (χ3v) is 4.45. The summed E-state index contributed by atoms with van der Waals surface area (Å²) >= 11 is 3.34. The minimum atomic E-state index is 0.0426. The molecule has 0 spiro atoms. The summed E-state index contributed by atoms with van der Waals surface area (Å²) in [5.74, 6) is 0.587. The monoisotopic (exact) mass is 325 g/mol. The summed E-state index contributed by atoms with van der Waals surface area (Å²) in [6, 6.07) is 2.05. The number of H-pyrrole nitrogens is 1. The van der Waals surface area contributed by atoms with Gasteiger partial charge in [0.25, 0.3) is 5.91 Å². The van der Waals surface area contributed by atoms with Crippen molar-refractivity contribution in [1.82, 2.24) is 15.2 Å². The molecule has 0 bridgehead atoms. The van der Waals surface area contributed by atoms with Crippen LogP contribution in [0.15, 0.2) is 16.7 Å². The molecule has 102 valence electrons. The van der Waals surface area contributed by atoms with Crippen LogP contribution in [0.3, 0.4) is 0 Å². The molecule has 2 aliphatic heterocycles. The number of nitrogens with zero attached hydrogens (tertiary/aromatic N) is 1. The highest BCUT2D eigenvalue weighted by molar-refractivity contribution is 9.10. The topological polar surface area (TPSA) is 65.2 Å². The van der Waals surface area contributed by atoms with Crippen molar-refractivity contribution < 1.29 is 9.59 Å². The summed E-state index contributed by atoms with van der Waals surface area (Å²) in [7, 11) is 0. The summed E-state index contributed by atoms with van der Waals surface area (Å²) in [6.07, 6.45) is 4.08. The van der Waals surface area contributed by atoms with Crippen LogP contribution in [0.4, 0.5) is 0 Å². The summed E-state index contributed by atoms with van der Waals surface area (Å²) < 4.78 is 0.885. The highest BCUT2D eigenvalue weighted by atomic mass is 79.9. The molecule has 3 rings (SSSR count). The zero-order valence-electron chi connectivity index (χ0n) is 10.5. The predicted octanol–water partition coefficient (Wildman–Crippen LogP) is 1.52. The molecule has 0 radical (unpaired) electrons.